The van der Waals surface area contributed by atoms with Gasteiger partial charge in [0, 0.05) is 29.9 Å². The number of anilines is 2. The molecule has 0 spiro atoms. The second-order valence-corrected chi connectivity index (χ2v) is 6.89. The zero-order chi connectivity index (χ0) is 20.6. The fraction of sp³-hybridized carbons (Fsp3) is 0.250. The van der Waals surface area contributed by atoms with Gasteiger partial charge in [0.2, 0.25) is 0 Å². The number of carbonyl (C=O) groups is 1. The molecule has 0 aliphatic heterocycles. The Morgan fingerprint density at radius 2 is 1.69 bits per heavy atom. The van der Waals surface area contributed by atoms with Gasteiger partial charge in [-0.05, 0) is 49.9 Å². The molecule has 0 saturated heterocycles. The number of rotatable bonds is 8. The Morgan fingerprint density at radius 3 is 2.41 bits per heavy atom. The molecule has 1 amide bonds. The lowest BCUT2D eigenvalue weighted by molar-refractivity contribution is -0.121. The molecule has 1 unspecified atom stereocenters. The number of hydrogen-bond donors (Lipinski definition) is 2. The summed E-state index contributed by atoms with van der Waals surface area (Å²) in [6.07, 6.45) is 1.66. The average Bonchev–Trinajstić information content (AvgIpc) is 2.76. The van der Waals surface area contributed by atoms with Gasteiger partial charge >= 0.3 is 0 Å². The smallest absolute Gasteiger partial charge is 0.262 e. The van der Waals surface area contributed by atoms with Gasteiger partial charge in [-0.3, -0.25) is 4.79 Å². The Bertz CT molecular complexity index is 972. The summed E-state index contributed by atoms with van der Waals surface area (Å²) in [5.74, 6) is -0.186. The number of nitrogens with zero attached hydrogens (tertiary/aromatic N) is 2. The minimum absolute atomic E-state index is 0.186. The van der Waals surface area contributed by atoms with E-state index in [1.807, 2.05) is 49.4 Å². The zero-order valence-electron chi connectivity index (χ0n) is 17.2. The highest BCUT2D eigenvalue weighted by atomic mass is 16.2. The van der Waals surface area contributed by atoms with Crippen molar-refractivity contribution < 1.29 is 4.79 Å². The molecular weight excluding hydrogens is 360 g/mol. The van der Waals surface area contributed by atoms with Crippen molar-refractivity contribution in [1.82, 2.24) is 5.43 Å². The summed E-state index contributed by atoms with van der Waals surface area (Å²) in [7, 11) is 0. The fourth-order valence-corrected chi connectivity index (χ4v) is 3.28. The highest BCUT2D eigenvalue weighted by Gasteiger charge is 2.13. The van der Waals surface area contributed by atoms with Gasteiger partial charge in [-0.15, -0.1) is 0 Å². The van der Waals surface area contributed by atoms with Crippen molar-refractivity contribution in [1.29, 1.82) is 0 Å². The first-order chi connectivity index (χ1) is 14.1. The van der Waals surface area contributed by atoms with Crippen molar-refractivity contribution >= 4 is 34.3 Å². The molecule has 1 atom stereocenters. The molecule has 3 rings (SSSR count). The summed E-state index contributed by atoms with van der Waals surface area (Å²) in [6, 6.07) is 21.8. The van der Waals surface area contributed by atoms with Crippen LogP contribution in [0.4, 0.5) is 11.4 Å². The summed E-state index contributed by atoms with van der Waals surface area (Å²) in [6.45, 7) is 8.05. The SMILES string of the molecule is CCN(CC)c1ccc(/C=N/NC(=O)C(C)Nc2cccc3ccccc23)cc1. The Hall–Kier alpha value is -3.34. The molecule has 5 nitrogen and oxygen atoms in total. The van der Waals surface area contributed by atoms with Crippen LogP contribution in [0.15, 0.2) is 71.8 Å². The normalized spacial score (nSPS) is 12.1. The largest absolute Gasteiger partial charge is 0.373 e. The summed E-state index contributed by atoms with van der Waals surface area (Å²) >= 11 is 0. The number of hydrazone groups is 1. The van der Waals surface area contributed by atoms with Crippen molar-refractivity contribution in [2.75, 3.05) is 23.3 Å². The van der Waals surface area contributed by atoms with E-state index in [4.69, 9.17) is 0 Å². The van der Waals surface area contributed by atoms with Gasteiger partial charge in [-0.2, -0.15) is 5.10 Å². The van der Waals surface area contributed by atoms with Gasteiger partial charge in [0.25, 0.3) is 5.91 Å². The Balaban J connectivity index is 1.58. The summed E-state index contributed by atoms with van der Waals surface area (Å²) in [5, 5.41) is 9.60. The predicted molar refractivity (Wildman–Crippen MR) is 123 cm³/mol. The molecular formula is C24H28N4O. The van der Waals surface area contributed by atoms with E-state index in [0.717, 1.165) is 35.1 Å². The molecule has 0 aliphatic carbocycles. The van der Waals surface area contributed by atoms with Crippen LogP contribution in [0.25, 0.3) is 10.8 Å². The third-order valence-electron chi connectivity index (χ3n) is 4.96. The van der Waals surface area contributed by atoms with Crippen LogP contribution in [-0.4, -0.2) is 31.3 Å². The number of hydrogen-bond acceptors (Lipinski definition) is 4. The van der Waals surface area contributed by atoms with Crippen LogP contribution in [0.3, 0.4) is 0 Å². The molecule has 0 fully saturated rings. The standard InChI is InChI=1S/C24H28N4O/c1-4-28(5-2)21-15-13-19(14-16-21)17-25-27-24(29)18(3)26-23-12-8-10-20-9-6-7-11-22(20)23/h6-18,26H,4-5H2,1-3H3,(H,27,29)/b25-17+. The van der Waals surface area contributed by atoms with Gasteiger partial charge in [0.15, 0.2) is 0 Å². The summed E-state index contributed by atoms with van der Waals surface area (Å²) in [4.78, 5) is 14.7. The Morgan fingerprint density at radius 1 is 1.00 bits per heavy atom. The Kier molecular flexibility index (Phi) is 6.85. The molecule has 3 aromatic carbocycles. The van der Waals surface area contributed by atoms with E-state index in [1.165, 1.54) is 5.69 Å². The van der Waals surface area contributed by atoms with E-state index in [0.29, 0.717) is 0 Å². The van der Waals surface area contributed by atoms with E-state index in [9.17, 15) is 4.79 Å². The van der Waals surface area contributed by atoms with Gasteiger partial charge < -0.3 is 10.2 Å². The van der Waals surface area contributed by atoms with Gasteiger partial charge in [-0.1, -0.05) is 48.5 Å². The number of fused-ring (bicyclic) bond motifs is 1. The van der Waals surface area contributed by atoms with Gasteiger partial charge in [-0.25, -0.2) is 5.43 Å². The van der Waals surface area contributed by atoms with Crippen molar-refractivity contribution in [2.24, 2.45) is 5.10 Å². The van der Waals surface area contributed by atoms with E-state index in [1.54, 1.807) is 6.21 Å². The van der Waals surface area contributed by atoms with Gasteiger partial charge in [0.05, 0.1) is 6.21 Å². The van der Waals surface area contributed by atoms with Crippen LogP contribution >= 0.6 is 0 Å². The van der Waals surface area contributed by atoms with Crippen molar-refractivity contribution in [3.05, 3.63) is 72.3 Å². The van der Waals surface area contributed by atoms with Crippen molar-refractivity contribution in [3.8, 4) is 0 Å². The third-order valence-corrected chi connectivity index (χ3v) is 4.96. The summed E-state index contributed by atoms with van der Waals surface area (Å²) in [5.41, 5.74) is 5.67. The number of carbonyl (C=O) groups excluding carboxylic acids is 1. The second-order valence-electron chi connectivity index (χ2n) is 6.89. The quantitative estimate of drug-likeness (QED) is 0.437. The molecule has 5 heteroatoms. The fourth-order valence-electron chi connectivity index (χ4n) is 3.28. The minimum Gasteiger partial charge on any atom is -0.373 e. The summed E-state index contributed by atoms with van der Waals surface area (Å²) < 4.78 is 0. The molecule has 150 valence electrons. The highest BCUT2D eigenvalue weighted by molar-refractivity contribution is 5.96. The molecule has 0 aromatic heterocycles. The maximum absolute atomic E-state index is 12.4. The van der Waals surface area contributed by atoms with Crippen LogP contribution in [0.2, 0.25) is 0 Å². The zero-order valence-corrected chi connectivity index (χ0v) is 17.2. The van der Waals surface area contributed by atoms with Crippen LogP contribution in [-0.2, 0) is 4.79 Å². The molecule has 2 N–H and O–H groups in total. The minimum atomic E-state index is -0.414. The van der Waals surface area contributed by atoms with E-state index >= 15 is 0 Å². The highest BCUT2D eigenvalue weighted by Crippen LogP contribution is 2.23. The molecule has 0 saturated carbocycles. The molecule has 0 aliphatic rings. The van der Waals surface area contributed by atoms with Crippen molar-refractivity contribution in [3.63, 3.8) is 0 Å². The topological polar surface area (TPSA) is 56.7 Å². The molecule has 3 aromatic rings. The Labute approximate surface area is 172 Å². The lowest BCUT2D eigenvalue weighted by Crippen LogP contribution is -2.34. The lowest BCUT2D eigenvalue weighted by Gasteiger charge is -2.20. The molecule has 0 radical (unpaired) electrons. The second kappa shape index (κ2) is 9.73. The predicted octanol–water partition coefficient (Wildman–Crippen LogP) is 4.64. The maximum Gasteiger partial charge on any atom is 0.262 e. The van der Waals surface area contributed by atoms with Crippen molar-refractivity contribution in [2.45, 2.75) is 26.8 Å². The van der Waals surface area contributed by atoms with Crippen LogP contribution in [0.1, 0.15) is 26.3 Å². The van der Waals surface area contributed by atoms with Crippen LogP contribution < -0.4 is 15.6 Å². The first-order valence-corrected chi connectivity index (χ1v) is 10.0. The molecule has 0 heterocycles. The number of nitrogens with one attached hydrogen (secondary N) is 2. The van der Waals surface area contributed by atoms with E-state index in [2.05, 4.69) is 58.9 Å². The van der Waals surface area contributed by atoms with Crippen LogP contribution in [0, 0.1) is 0 Å². The van der Waals surface area contributed by atoms with E-state index in [-0.39, 0.29) is 5.91 Å². The first kappa shape index (κ1) is 20.4. The molecule has 29 heavy (non-hydrogen) atoms. The number of amides is 1. The maximum atomic E-state index is 12.4. The van der Waals surface area contributed by atoms with Crippen LogP contribution in [0.5, 0.6) is 0 Å². The monoisotopic (exact) mass is 388 g/mol. The van der Waals surface area contributed by atoms with Gasteiger partial charge in [0.1, 0.15) is 6.04 Å². The van der Waals surface area contributed by atoms with E-state index < -0.39 is 6.04 Å². The number of benzene rings is 3. The lowest BCUT2D eigenvalue weighted by atomic mass is 10.1. The molecule has 0 bridgehead atoms. The third kappa shape index (κ3) is 5.13. The first-order valence-electron chi connectivity index (χ1n) is 10.0. The average molecular weight is 389 g/mol.